The van der Waals surface area contributed by atoms with Gasteiger partial charge in [0.15, 0.2) is 9.84 Å². The molecular formula is C20H26N2O3S2. The first-order valence-electron chi connectivity index (χ1n) is 9.38. The molecule has 1 fully saturated rings. The van der Waals surface area contributed by atoms with Gasteiger partial charge in [0, 0.05) is 18.0 Å². The van der Waals surface area contributed by atoms with E-state index in [-0.39, 0.29) is 29.2 Å². The lowest BCUT2D eigenvalue weighted by atomic mass is 10.1. The molecule has 7 heteroatoms. The maximum absolute atomic E-state index is 12.9. The molecule has 5 nitrogen and oxygen atoms in total. The molecule has 2 aromatic rings. The molecule has 0 bridgehead atoms. The highest BCUT2D eigenvalue weighted by molar-refractivity contribution is 7.99. The first-order valence-corrected chi connectivity index (χ1v) is 12.2. The van der Waals surface area contributed by atoms with Crippen LogP contribution in [0.5, 0.6) is 0 Å². The summed E-state index contributed by atoms with van der Waals surface area (Å²) in [5.41, 5.74) is 2.07. The number of thioether (sulfide) groups is 1. The molecular weight excluding hydrogens is 380 g/mol. The van der Waals surface area contributed by atoms with E-state index < -0.39 is 9.84 Å². The number of sulfone groups is 1. The molecule has 1 unspecified atom stereocenters. The summed E-state index contributed by atoms with van der Waals surface area (Å²) in [6, 6.07) is 9.81. The van der Waals surface area contributed by atoms with Crippen molar-refractivity contribution >= 4 is 38.4 Å². The number of hydrogen-bond donors (Lipinski definition) is 0. The zero-order chi connectivity index (χ0) is 19.4. The fourth-order valence-corrected chi connectivity index (χ4v) is 6.06. The van der Waals surface area contributed by atoms with Gasteiger partial charge in [-0.1, -0.05) is 43.3 Å². The van der Waals surface area contributed by atoms with E-state index in [1.54, 1.807) is 4.90 Å². The highest BCUT2D eigenvalue weighted by atomic mass is 32.2. The van der Waals surface area contributed by atoms with Crippen molar-refractivity contribution in [3.05, 3.63) is 35.9 Å². The fraction of sp³-hybridized carbons (Fsp3) is 0.500. The summed E-state index contributed by atoms with van der Waals surface area (Å²) in [6.07, 6.45) is 2.41. The Balaban J connectivity index is 1.70. The highest BCUT2D eigenvalue weighted by Gasteiger charge is 2.34. The second-order valence-electron chi connectivity index (χ2n) is 7.08. The summed E-state index contributed by atoms with van der Waals surface area (Å²) in [7, 11) is -3.01. The molecule has 146 valence electrons. The molecule has 2 heterocycles. The largest absolute Gasteiger partial charge is 0.338 e. The van der Waals surface area contributed by atoms with E-state index >= 15 is 0 Å². The van der Waals surface area contributed by atoms with Gasteiger partial charge in [-0.15, -0.1) is 0 Å². The summed E-state index contributed by atoms with van der Waals surface area (Å²) in [4.78, 5) is 19.3. The van der Waals surface area contributed by atoms with Crippen LogP contribution in [0.1, 0.15) is 31.7 Å². The lowest BCUT2D eigenvalue weighted by molar-refractivity contribution is -0.130. The quantitative estimate of drug-likeness (QED) is 0.659. The minimum atomic E-state index is -3.01. The molecule has 1 aromatic heterocycles. The van der Waals surface area contributed by atoms with E-state index in [2.05, 4.69) is 11.9 Å². The maximum atomic E-state index is 12.9. The van der Waals surface area contributed by atoms with Crippen molar-refractivity contribution in [1.82, 2.24) is 9.88 Å². The Bertz CT molecular complexity index is 928. The second kappa shape index (κ2) is 8.61. The second-order valence-corrected chi connectivity index (χ2v) is 10.3. The number of nitrogens with zero attached hydrogens (tertiary/aromatic N) is 2. The van der Waals surface area contributed by atoms with Crippen LogP contribution in [0, 0.1) is 6.92 Å². The van der Waals surface area contributed by atoms with Crippen molar-refractivity contribution in [3.63, 3.8) is 0 Å². The molecule has 27 heavy (non-hydrogen) atoms. The van der Waals surface area contributed by atoms with E-state index in [1.165, 1.54) is 11.8 Å². The smallest absolute Gasteiger partial charge is 0.233 e. The number of pyridine rings is 1. The average Bonchev–Trinajstić information content (AvgIpc) is 3.00. The molecule has 0 radical (unpaired) electrons. The Morgan fingerprint density at radius 3 is 2.81 bits per heavy atom. The van der Waals surface area contributed by atoms with Crippen LogP contribution >= 0.6 is 11.8 Å². The van der Waals surface area contributed by atoms with Gasteiger partial charge < -0.3 is 4.90 Å². The fourth-order valence-electron chi connectivity index (χ4n) is 3.47. The van der Waals surface area contributed by atoms with Crippen LogP contribution < -0.4 is 0 Å². The minimum absolute atomic E-state index is 0.00293. The molecule has 1 aliphatic heterocycles. The third kappa shape index (κ3) is 5.02. The lowest BCUT2D eigenvalue weighted by Crippen LogP contribution is -2.42. The summed E-state index contributed by atoms with van der Waals surface area (Å²) in [6.45, 7) is 4.75. The maximum Gasteiger partial charge on any atom is 0.233 e. The first-order chi connectivity index (χ1) is 12.9. The molecule has 0 saturated carbocycles. The third-order valence-electron chi connectivity index (χ3n) is 4.97. The monoisotopic (exact) mass is 406 g/mol. The molecule has 3 rings (SSSR count). The van der Waals surface area contributed by atoms with Crippen LogP contribution in [-0.2, 0) is 14.6 Å². The summed E-state index contributed by atoms with van der Waals surface area (Å²) < 4.78 is 23.7. The molecule has 0 spiro atoms. The number of para-hydroxylation sites is 1. The topological polar surface area (TPSA) is 67.3 Å². The van der Waals surface area contributed by atoms with E-state index in [1.807, 2.05) is 37.3 Å². The normalized spacial score (nSPS) is 18.7. The summed E-state index contributed by atoms with van der Waals surface area (Å²) in [5.74, 6) is 0.570. The van der Waals surface area contributed by atoms with Gasteiger partial charge in [0.25, 0.3) is 0 Å². The minimum Gasteiger partial charge on any atom is -0.338 e. The van der Waals surface area contributed by atoms with Gasteiger partial charge >= 0.3 is 0 Å². The van der Waals surface area contributed by atoms with Gasteiger partial charge in [-0.2, -0.15) is 0 Å². The predicted octanol–water partition coefficient (Wildman–Crippen LogP) is 3.45. The Kier molecular flexibility index (Phi) is 6.42. The Hall–Kier alpha value is -1.60. The number of unbranched alkanes of at least 4 members (excludes halogenated alkanes) is 1. The van der Waals surface area contributed by atoms with Crippen molar-refractivity contribution in [2.75, 3.05) is 23.8 Å². The number of carbonyl (C=O) groups excluding carboxylic acids is 1. The first kappa shape index (κ1) is 20.1. The van der Waals surface area contributed by atoms with Crippen LogP contribution in [0.25, 0.3) is 10.9 Å². The van der Waals surface area contributed by atoms with E-state index in [4.69, 9.17) is 0 Å². The molecule has 1 aromatic carbocycles. The molecule has 0 N–H and O–H groups in total. The Labute approximate surface area is 165 Å². The molecule has 1 atom stereocenters. The number of carbonyl (C=O) groups is 1. The number of fused-ring (bicyclic) bond motifs is 1. The Morgan fingerprint density at radius 2 is 2.11 bits per heavy atom. The lowest BCUT2D eigenvalue weighted by Gasteiger charge is -2.28. The SMILES string of the molecule is CCCCN(C(=O)CSc1cc(C)c2ccccc2n1)C1CCS(=O)(=O)C1. The molecule has 1 aliphatic rings. The number of benzene rings is 1. The summed E-state index contributed by atoms with van der Waals surface area (Å²) >= 11 is 1.43. The van der Waals surface area contributed by atoms with E-state index in [0.29, 0.717) is 13.0 Å². The van der Waals surface area contributed by atoms with Gasteiger partial charge in [0.05, 0.1) is 27.8 Å². The number of hydrogen-bond acceptors (Lipinski definition) is 5. The number of amides is 1. The predicted molar refractivity (Wildman–Crippen MR) is 111 cm³/mol. The van der Waals surface area contributed by atoms with E-state index in [0.717, 1.165) is 34.3 Å². The van der Waals surface area contributed by atoms with Crippen LogP contribution in [-0.4, -0.2) is 54.1 Å². The van der Waals surface area contributed by atoms with Crippen molar-refractivity contribution in [1.29, 1.82) is 0 Å². The highest BCUT2D eigenvalue weighted by Crippen LogP contribution is 2.25. The number of aryl methyl sites for hydroxylation is 1. The van der Waals surface area contributed by atoms with Crippen molar-refractivity contribution in [2.45, 2.75) is 44.2 Å². The standard InChI is InChI=1S/C20H26N2O3S2/c1-3-4-10-22(16-9-11-27(24,25)14-16)20(23)13-26-19-12-15(2)17-7-5-6-8-18(17)21-19/h5-8,12,16H,3-4,9-11,13-14H2,1-2H3. The van der Waals surface area contributed by atoms with E-state index in [9.17, 15) is 13.2 Å². The van der Waals surface area contributed by atoms with Crippen molar-refractivity contribution < 1.29 is 13.2 Å². The van der Waals surface area contributed by atoms with Crippen molar-refractivity contribution in [2.24, 2.45) is 0 Å². The number of rotatable bonds is 7. The van der Waals surface area contributed by atoms with Gasteiger partial charge in [-0.3, -0.25) is 4.79 Å². The zero-order valence-corrected chi connectivity index (χ0v) is 17.5. The van der Waals surface area contributed by atoms with Gasteiger partial charge in [-0.25, -0.2) is 13.4 Å². The van der Waals surface area contributed by atoms with Gasteiger partial charge in [0.2, 0.25) is 5.91 Å². The third-order valence-corrected chi connectivity index (χ3v) is 7.61. The number of aromatic nitrogens is 1. The average molecular weight is 407 g/mol. The van der Waals surface area contributed by atoms with Gasteiger partial charge in [-0.05, 0) is 37.5 Å². The van der Waals surface area contributed by atoms with Crippen LogP contribution in [0.4, 0.5) is 0 Å². The summed E-state index contributed by atoms with van der Waals surface area (Å²) in [5, 5.41) is 1.95. The van der Waals surface area contributed by atoms with Crippen LogP contribution in [0.3, 0.4) is 0 Å². The van der Waals surface area contributed by atoms with Gasteiger partial charge in [0.1, 0.15) is 0 Å². The van der Waals surface area contributed by atoms with Crippen LogP contribution in [0.15, 0.2) is 35.4 Å². The van der Waals surface area contributed by atoms with Crippen LogP contribution in [0.2, 0.25) is 0 Å². The molecule has 1 amide bonds. The van der Waals surface area contributed by atoms with Crippen molar-refractivity contribution in [3.8, 4) is 0 Å². The Morgan fingerprint density at radius 1 is 1.33 bits per heavy atom. The zero-order valence-electron chi connectivity index (χ0n) is 15.8. The molecule has 0 aliphatic carbocycles. The molecule has 1 saturated heterocycles.